The van der Waals surface area contributed by atoms with Gasteiger partial charge in [-0.2, -0.15) is 5.10 Å². The molecule has 7 nitrogen and oxygen atoms in total. The van der Waals surface area contributed by atoms with E-state index in [9.17, 15) is 14.0 Å². The minimum absolute atomic E-state index is 0.0420. The summed E-state index contributed by atoms with van der Waals surface area (Å²) < 4.78 is 20.2. The van der Waals surface area contributed by atoms with Crippen molar-refractivity contribution in [2.24, 2.45) is 5.92 Å². The topological polar surface area (TPSA) is 78.5 Å². The zero-order chi connectivity index (χ0) is 20.3. The first-order chi connectivity index (χ1) is 13.9. The van der Waals surface area contributed by atoms with Crippen molar-refractivity contribution in [3.63, 3.8) is 0 Å². The predicted molar refractivity (Wildman–Crippen MR) is 102 cm³/mol. The largest absolute Gasteiger partial charge is 0.351 e. The van der Waals surface area contributed by atoms with Crippen LogP contribution in [-0.2, 0) is 9.53 Å². The third-order valence-corrected chi connectivity index (χ3v) is 6.48. The van der Waals surface area contributed by atoms with Crippen LogP contribution in [0.2, 0.25) is 0 Å². The molecule has 3 aliphatic heterocycles. The molecule has 0 saturated carbocycles. The molecule has 0 radical (unpaired) electrons. The van der Waals surface area contributed by atoms with Crippen LogP contribution in [0.3, 0.4) is 0 Å². The lowest BCUT2D eigenvalue weighted by atomic mass is 10.0. The predicted octanol–water partition coefficient (Wildman–Crippen LogP) is 2.41. The van der Waals surface area contributed by atoms with Crippen LogP contribution >= 0.6 is 0 Å². The minimum Gasteiger partial charge on any atom is -0.351 e. The van der Waals surface area contributed by atoms with Gasteiger partial charge in [0.15, 0.2) is 5.72 Å². The molecule has 1 aromatic carbocycles. The molecule has 0 bridgehead atoms. The maximum Gasteiger partial charge on any atom is 0.272 e. The number of amides is 2. The summed E-state index contributed by atoms with van der Waals surface area (Å²) in [5.74, 6) is -0.305. The highest BCUT2D eigenvalue weighted by Crippen LogP contribution is 2.49. The van der Waals surface area contributed by atoms with Crippen molar-refractivity contribution in [3.05, 3.63) is 41.8 Å². The minimum atomic E-state index is -0.712. The monoisotopic (exact) mass is 398 g/mol. The Hall–Kier alpha value is -2.74. The zero-order valence-corrected chi connectivity index (χ0v) is 16.4. The molecule has 4 heterocycles. The Balaban J connectivity index is 1.42. The Morgan fingerprint density at radius 1 is 1.38 bits per heavy atom. The molecule has 3 saturated heterocycles. The van der Waals surface area contributed by atoms with Crippen molar-refractivity contribution >= 4 is 11.8 Å². The molecule has 3 fully saturated rings. The summed E-state index contributed by atoms with van der Waals surface area (Å²) in [5, 5.41) is 6.86. The second-order valence-electron chi connectivity index (χ2n) is 8.35. The second kappa shape index (κ2) is 6.38. The third kappa shape index (κ3) is 2.55. The third-order valence-electron chi connectivity index (χ3n) is 6.48. The van der Waals surface area contributed by atoms with Gasteiger partial charge in [0.25, 0.3) is 5.91 Å². The highest BCUT2D eigenvalue weighted by molar-refractivity contribution is 5.95. The van der Waals surface area contributed by atoms with E-state index in [1.165, 1.54) is 6.07 Å². The first-order valence-electron chi connectivity index (χ1n) is 10.00. The lowest BCUT2D eigenvalue weighted by Gasteiger charge is -2.34. The fourth-order valence-corrected chi connectivity index (χ4v) is 5.01. The quantitative estimate of drug-likeness (QED) is 0.861. The summed E-state index contributed by atoms with van der Waals surface area (Å²) >= 11 is 0. The Kier molecular flexibility index (Phi) is 4.03. The molecule has 5 rings (SSSR count). The molecule has 2 aromatic rings. The van der Waals surface area contributed by atoms with E-state index >= 15 is 0 Å². The van der Waals surface area contributed by atoms with Crippen molar-refractivity contribution in [1.29, 1.82) is 0 Å². The van der Waals surface area contributed by atoms with E-state index in [1.807, 2.05) is 4.90 Å². The number of H-pyrrole nitrogens is 1. The number of hydrogen-bond acceptors (Lipinski definition) is 4. The molecule has 152 valence electrons. The van der Waals surface area contributed by atoms with Gasteiger partial charge in [0, 0.05) is 18.5 Å². The van der Waals surface area contributed by atoms with E-state index in [0.717, 1.165) is 0 Å². The summed E-state index contributed by atoms with van der Waals surface area (Å²) in [4.78, 5) is 29.5. The van der Waals surface area contributed by atoms with Crippen LogP contribution in [-0.4, -0.2) is 62.8 Å². The molecule has 29 heavy (non-hydrogen) atoms. The number of likely N-dealkylation sites (tertiary alicyclic amines) is 1. The molecule has 8 heteroatoms. The summed E-state index contributed by atoms with van der Waals surface area (Å²) in [6.45, 7) is 5.18. The smallest absolute Gasteiger partial charge is 0.272 e. The van der Waals surface area contributed by atoms with Crippen LogP contribution in [0.1, 0.15) is 37.2 Å². The average Bonchev–Trinajstić information content (AvgIpc) is 3.43. The molecule has 1 aromatic heterocycles. The van der Waals surface area contributed by atoms with Gasteiger partial charge in [-0.3, -0.25) is 14.7 Å². The summed E-state index contributed by atoms with van der Waals surface area (Å²) in [7, 11) is 0. The van der Waals surface area contributed by atoms with Crippen molar-refractivity contribution in [2.75, 3.05) is 13.2 Å². The number of aromatic amines is 1. The Morgan fingerprint density at radius 2 is 2.17 bits per heavy atom. The Labute approximate surface area is 167 Å². The number of rotatable bonds is 3. The van der Waals surface area contributed by atoms with Crippen LogP contribution < -0.4 is 0 Å². The van der Waals surface area contributed by atoms with Crippen molar-refractivity contribution in [1.82, 2.24) is 20.0 Å². The molecular formula is C21H23FN4O3. The fourth-order valence-electron chi connectivity index (χ4n) is 5.01. The maximum atomic E-state index is 14.0. The molecule has 0 aliphatic carbocycles. The second-order valence-corrected chi connectivity index (χ2v) is 8.35. The van der Waals surface area contributed by atoms with Gasteiger partial charge in [-0.25, -0.2) is 4.39 Å². The van der Waals surface area contributed by atoms with Gasteiger partial charge in [-0.05, 0) is 24.1 Å². The van der Waals surface area contributed by atoms with Crippen LogP contribution in [0.25, 0.3) is 11.3 Å². The van der Waals surface area contributed by atoms with E-state index in [4.69, 9.17) is 4.74 Å². The van der Waals surface area contributed by atoms with E-state index in [-0.39, 0.29) is 41.9 Å². The van der Waals surface area contributed by atoms with Gasteiger partial charge in [0.1, 0.15) is 11.5 Å². The molecule has 2 amide bonds. The van der Waals surface area contributed by atoms with Crippen LogP contribution in [0.5, 0.6) is 0 Å². The molecule has 1 N–H and O–H groups in total. The zero-order valence-electron chi connectivity index (χ0n) is 16.4. The Morgan fingerprint density at radius 3 is 2.93 bits per heavy atom. The summed E-state index contributed by atoms with van der Waals surface area (Å²) in [5.41, 5.74) is 0.281. The SMILES string of the molecule is CC(C)[C@@H]1CO[C@@]23CCN(C(=O)c4cc(-c5ccccc5F)n[nH]4)[C@@H]2CC(=O)N13. The lowest BCUT2D eigenvalue weighted by molar-refractivity contribution is -0.139. The molecule has 1 spiro atoms. The number of benzene rings is 1. The number of aromatic nitrogens is 2. The molecule has 3 atom stereocenters. The van der Waals surface area contributed by atoms with Gasteiger partial charge in [-0.15, -0.1) is 0 Å². The fraction of sp³-hybridized carbons (Fsp3) is 0.476. The number of nitrogens with one attached hydrogen (secondary N) is 1. The average molecular weight is 398 g/mol. The van der Waals surface area contributed by atoms with E-state index in [1.54, 1.807) is 29.2 Å². The van der Waals surface area contributed by atoms with E-state index in [0.29, 0.717) is 30.8 Å². The van der Waals surface area contributed by atoms with Crippen LogP contribution in [0.4, 0.5) is 4.39 Å². The lowest BCUT2D eigenvalue weighted by Crippen LogP contribution is -2.51. The highest BCUT2D eigenvalue weighted by atomic mass is 19.1. The first kappa shape index (κ1) is 18.3. The number of halogens is 1. The van der Waals surface area contributed by atoms with Gasteiger partial charge >= 0.3 is 0 Å². The normalized spacial score (nSPS) is 28.3. The first-order valence-corrected chi connectivity index (χ1v) is 10.00. The van der Waals surface area contributed by atoms with Crippen LogP contribution in [0, 0.1) is 11.7 Å². The summed E-state index contributed by atoms with van der Waals surface area (Å²) in [6, 6.07) is 7.60. The highest BCUT2D eigenvalue weighted by Gasteiger charge is 2.65. The number of carbonyl (C=O) groups excluding carboxylic acids is 2. The van der Waals surface area contributed by atoms with E-state index in [2.05, 4.69) is 24.0 Å². The van der Waals surface area contributed by atoms with E-state index < -0.39 is 11.5 Å². The molecule has 3 aliphatic rings. The summed E-state index contributed by atoms with van der Waals surface area (Å²) in [6.07, 6.45) is 0.871. The van der Waals surface area contributed by atoms with Crippen molar-refractivity contribution in [3.8, 4) is 11.3 Å². The number of ether oxygens (including phenoxy) is 1. The number of carbonyl (C=O) groups is 2. The number of nitrogens with zero attached hydrogens (tertiary/aromatic N) is 3. The molecular weight excluding hydrogens is 375 g/mol. The standard InChI is InChI=1S/C21H23FN4O3/c1-12(2)17-11-29-21-7-8-25(18(21)10-19(27)26(17)21)20(28)16-9-15(23-24-16)13-5-3-4-6-14(13)22/h3-6,9,12,17-18H,7-8,10-11H2,1-2H3,(H,23,24)/t17-,18+,21-/m0/s1. The number of hydrogen-bond donors (Lipinski definition) is 1. The van der Waals surface area contributed by atoms with Crippen molar-refractivity contribution < 1.29 is 18.7 Å². The Bertz CT molecular complexity index is 990. The maximum absolute atomic E-state index is 14.0. The van der Waals surface area contributed by atoms with Gasteiger partial charge < -0.3 is 14.5 Å². The van der Waals surface area contributed by atoms with Crippen LogP contribution in [0.15, 0.2) is 30.3 Å². The molecule has 0 unspecified atom stereocenters. The van der Waals surface area contributed by atoms with Gasteiger partial charge in [0.05, 0.1) is 30.8 Å². The van der Waals surface area contributed by atoms with Crippen molar-refractivity contribution in [2.45, 2.75) is 44.5 Å². The van der Waals surface area contributed by atoms with Gasteiger partial charge in [-0.1, -0.05) is 26.0 Å². The van der Waals surface area contributed by atoms with Gasteiger partial charge in [0.2, 0.25) is 5.91 Å².